The number of rotatable bonds is 4. The molecule has 1 N–H and O–H groups in total. The Morgan fingerprint density at radius 1 is 1.17 bits per heavy atom. The molecule has 188 valence electrons. The van der Waals surface area contributed by atoms with Gasteiger partial charge in [0.05, 0.1) is 34.0 Å². The van der Waals surface area contributed by atoms with Gasteiger partial charge < -0.3 is 14.3 Å². The molecule has 10 nitrogen and oxygen atoms in total. The monoisotopic (exact) mass is 525 g/mol. The van der Waals surface area contributed by atoms with Crippen molar-refractivity contribution in [2.75, 3.05) is 0 Å². The van der Waals surface area contributed by atoms with Gasteiger partial charge in [-0.3, -0.25) is 13.9 Å². The Kier molecular flexibility index (Phi) is 6.04. The maximum Gasteiger partial charge on any atom is 0.511 e. The highest BCUT2D eigenvalue weighted by atomic mass is 35.5. The zero-order valence-corrected chi connectivity index (χ0v) is 19.1. The summed E-state index contributed by atoms with van der Waals surface area (Å²) in [5.74, 6) is -1.48. The molecule has 14 heteroatoms. The molecule has 4 rings (SSSR count). The molecule has 0 bridgehead atoms. The van der Waals surface area contributed by atoms with Crippen LogP contribution in [0.3, 0.4) is 0 Å². The molecule has 2 aromatic heterocycles. The second-order valence-electron chi connectivity index (χ2n) is 7.65. The van der Waals surface area contributed by atoms with Crippen LogP contribution >= 0.6 is 11.6 Å². The first kappa shape index (κ1) is 24.9. The number of hydrogen-bond acceptors (Lipinski definition) is 6. The molecule has 0 spiro atoms. The maximum atomic E-state index is 13.4. The second kappa shape index (κ2) is 8.75. The standard InChI is InChI=1S/C22H15ClF3N3O7/c1-10(12-4-3-5-13(17(12)23)22(24,25)26)29-18(30)16(36-21(33)34)9-28(19(29)31)11-6-7-14-15(8-11)35-20(32)27(14)2/h3-10H,1-2H3,(H,33,34). The molecule has 0 radical (unpaired) electrons. The van der Waals surface area contributed by atoms with Crippen LogP contribution in [0.2, 0.25) is 5.02 Å². The minimum absolute atomic E-state index is 0.0492. The normalized spacial score (nSPS) is 12.6. The maximum absolute atomic E-state index is 13.4. The van der Waals surface area contributed by atoms with E-state index in [1.165, 1.54) is 42.8 Å². The van der Waals surface area contributed by atoms with Gasteiger partial charge in [-0.2, -0.15) is 13.2 Å². The summed E-state index contributed by atoms with van der Waals surface area (Å²) in [5.41, 5.74) is -3.13. The van der Waals surface area contributed by atoms with E-state index in [-0.39, 0.29) is 16.8 Å². The average molecular weight is 526 g/mol. The van der Waals surface area contributed by atoms with Crippen LogP contribution < -0.4 is 21.7 Å². The van der Waals surface area contributed by atoms with Crippen molar-refractivity contribution in [3.8, 4) is 11.4 Å². The van der Waals surface area contributed by atoms with Crippen LogP contribution in [0.5, 0.6) is 5.75 Å². The van der Waals surface area contributed by atoms with Gasteiger partial charge in [-0.25, -0.2) is 19.0 Å². The summed E-state index contributed by atoms with van der Waals surface area (Å²) in [5, 5.41) is 8.33. The molecular formula is C22H15ClF3N3O7. The third-order valence-corrected chi connectivity index (χ3v) is 5.93. The van der Waals surface area contributed by atoms with Crippen molar-refractivity contribution in [1.29, 1.82) is 0 Å². The summed E-state index contributed by atoms with van der Waals surface area (Å²) < 4.78 is 52.3. The van der Waals surface area contributed by atoms with E-state index in [1.807, 2.05) is 0 Å². The van der Waals surface area contributed by atoms with E-state index in [2.05, 4.69) is 4.74 Å². The van der Waals surface area contributed by atoms with Crippen molar-refractivity contribution in [2.24, 2.45) is 7.05 Å². The molecule has 0 saturated carbocycles. The number of halogens is 4. The van der Waals surface area contributed by atoms with Gasteiger partial charge in [0.15, 0.2) is 5.58 Å². The van der Waals surface area contributed by atoms with Gasteiger partial charge >= 0.3 is 23.8 Å². The number of alkyl halides is 3. The average Bonchev–Trinajstić information content (AvgIpc) is 3.07. The van der Waals surface area contributed by atoms with Crippen molar-refractivity contribution in [3.05, 3.63) is 90.1 Å². The Balaban J connectivity index is 1.99. The highest BCUT2D eigenvalue weighted by Crippen LogP contribution is 2.38. The summed E-state index contributed by atoms with van der Waals surface area (Å²) in [4.78, 5) is 49.4. The third kappa shape index (κ3) is 4.17. The summed E-state index contributed by atoms with van der Waals surface area (Å²) in [6, 6.07) is 5.76. The Hall–Kier alpha value is -4.26. The smallest absolute Gasteiger partial charge is 0.449 e. The Bertz CT molecular complexity index is 1700. The number of carboxylic acid groups (broad SMARTS) is 1. The fourth-order valence-corrected chi connectivity index (χ4v) is 4.13. The largest absolute Gasteiger partial charge is 0.511 e. The first-order valence-electron chi connectivity index (χ1n) is 10.1. The minimum Gasteiger partial charge on any atom is -0.449 e. The number of benzene rings is 2. The van der Waals surface area contributed by atoms with Crippen LogP contribution in [0.1, 0.15) is 24.1 Å². The molecule has 2 heterocycles. The number of nitrogens with zero attached hydrogens (tertiary/aromatic N) is 3. The molecule has 0 saturated heterocycles. The van der Waals surface area contributed by atoms with Gasteiger partial charge in [0, 0.05) is 13.1 Å². The highest BCUT2D eigenvalue weighted by molar-refractivity contribution is 6.32. The Labute approximate surface area is 202 Å². The molecular weight excluding hydrogens is 511 g/mol. The zero-order chi connectivity index (χ0) is 26.5. The molecule has 4 aromatic rings. The lowest BCUT2D eigenvalue weighted by Gasteiger charge is -2.20. The molecule has 36 heavy (non-hydrogen) atoms. The van der Waals surface area contributed by atoms with Crippen molar-refractivity contribution in [3.63, 3.8) is 0 Å². The fraction of sp³-hybridized carbons (Fsp3) is 0.182. The lowest BCUT2D eigenvalue weighted by molar-refractivity contribution is -0.137. The number of carbonyl (C=O) groups is 1. The predicted molar refractivity (Wildman–Crippen MR) is 120 cm³/mol. The van der Waals surface area contributed by atoms with Crippen molar-refractivity contribution in [1.82, 2.24) is 13.7 Å². The number of ether oxygens (including phenoxy) is 1. The van der Waals surface area contributed by atoms with Crippen LogP contribution in [0.25, 0.3) is 16.8 Å². The Morgan fingerprint density at radius 2 is 1.86 bits per heavy atom. The minimum atomic E-state index is -4.80. The molecule has 0 aliphatic heterocycles. The van der Waals surface area contributed by atoms with E-state index in [9.17, 15) is 32.3 Å². The summed E-state index contributed by atoms with van der Waals surface area (Å²) in [6.45, 7) is 1.25. The van der Waals surface area contributed by atoms with Crippen molar-refractivity contribution >= 4 is 28.9 Å². The van der Waals surface area contributed by atoms with Crippen molar-refractivity contribution < 1.29 is 32.2 Å². The molecule has 1 atom stereocenters. The number of hydrogen-bond donors (Lipinski definition) is 1. The summed E-state index contributed by atoms with van der Waals surface area (Å²) in [6.07, 6.45) is -5.85. The van der Waals surface area contributed by atoms with Crippen LogP contribution in [-0.2, 0) is 13.2 Å². The van der Waals surface area contributed by atoms with Crippen LogP contribution in [-0.4, -0.2) is 25.0 Å². The molecule has 0 aliphatic carbocycles. The first-order chi connectivity index (χ1) is 16.8. The van der Waals surface area contributed by atoms with E-state index in [0.717, 1.165) is 22.9 Å². The fourth-order valence-electron chi connectivity index (χ4n) is 3.74. The number of aryl methyl sites for hydroxylation is 1. The topological polar surface area (TPSA) is 126 Å². The quantitative estimate of drug-likeness (QED) is 0.402. The van der Waals surface area contributed by atoms with Gasteiger partial charge in [-0.1, -0.05) is 23.7 Å². The van der Waals surface area contributed by atoms with Gasteiger partial charge in [0.1, 0.15) is 0 Å². The summed E-state index contributed by atoms with van der Waals surface area (Å²) >= 11 is 5.99. The molecule has 2 aromatic carbocycles. The second-order valence-corrected chi connectivity index (χ2v) is 8.03. The molecule has 0 fully saturated rings. The number of oxazole rings is 1. The van der Waals surface area contributed by atoms with E-state index in [4.69, 9.17) is 21.1 Å². The zero-order valence-electron chi connectivity index (χ0n) is 18.4. The van der Waals surface area contributed by atoms with Gasteiger partial charge in [-0.15, -0.1) is 0 Å². The predicted octanol–water partition coefficient (Wildman–Crippen LogP) is 3.78. The Morgan fingerprint density at radius 3 is 2.50 bits per heavy atom. The van der Waals surface area contributed by atoms with E-state index >= 15 is 0 Å². The lowest BCUT2D eigenvalue weighted by Crippen LogP contribution is -2.42. The van der Waals surface area contributed by atoms with Crippen LogP contribution in [0.15, 0.2) is 61.4 Å². The summed E-state index contributed by atoms with van der Waals surface area (Å²) in [7, 11) is 1.46. The molecule has 1 unspecified atom stereocenters. The SMILES string of the molecule is CC(c1cccc(C(F)(F)F)c1Cl)n1c(=O)c(OC(=O)O)cn(-c2ccc3c(c2)oc(=O)n3C)c1=O. The van der Waals surface area contributed by atoms with Crippen molar-refractivity contribution in [2.45, 2.75) is 19.1 Å². The van der Waals surface area contributed by atoms with E-state index in [1.54, 1.807) is 0 Å². The van der Waals surface area contributed by atoms with E-state index in [0.29, 0.717) is 10.1 Å². The van der Waals surface area contributed by atoms with Crippen LogP contribution in [0, 0.1) is 0 Å². The molecule has 0 amide bonds. The first-order valence-corrected chi connectivity index (χ1v) is 10.4. The number of fused-ring (bicyclic) bond motifs is 1. The van der Waals surface area contributed by atoms with E-state index < -0.39 is 51.7 Å². The highest BCUT2D eigenvalue weighted by Gasteiger charge is 2.35. The third-order valence-electron chi connectivity index (χ3n) is 5.51. The molecule has 0 aliphatic rings. The van der Waals surface area contributed by atoms with Crippen LogP contribution in [0.4, 0.5) is 18.0 Å². The van der Waals surface area contributed by atoms with Gasteiger partial charge in [0.25, 0.3) is 5.56 Å². The number of aromatic nitrogens is 3. The van der Waals surface area contributed by atoms with Gasteiger partial charge in [-0.05, 0) is 30.7 Å². The van der Waals surface area contributed by atoms with Gasteiger partial charge in [0.2, 0.25) is 5.75 Å². The lowest BCUT2D eigenvalue weighted by atomic mass is 10.0.